The molecule has 0 bridgehead atoms. The molecule has 1 saturated heterocycles. The first-order valence-electron chi connectivity index (χ1n) is 10.4. The number of nitrogens with zero attached hydrogens (tertiary/aromatic N) is 5. The van der Waals surface area contributed by atoms with Crippen molar-refractivity contribution in [3.05, 3.63) is 57.7 Å². The lowest BCUT2D eigenvalue weighted by atomic mass is 10.1. The van der Waals surface area contributed by atoms with Gasteiger partial charge >= 0.3 is 0 Å². The van der Waals surface area contributed by atoms with Gasteiger partial charge in [0.1, 0.15) is 0 Å². The van der Waals surface area contributed by atoms with Crippen LogP contribution in [0.3, 0.4) is 0 Å². The Morgan fingerprint density at radius 1 is 1.07 bits per heavy atom. The highest BCUT2D eigenvalue weighted by atomic mass is 32.1. The molecular weight excluding hydrogens is 398 g/mol. The monoisotopic (exact) mass is 425 g/mol. The highest BCUT2D eigenvalue weighted by Gasteiger charge is 2.30. The van der Waals surface area contributed by atoms with Gasteiger partial charge in [-0.2, -0.15) is 0 Å². The average Bonchev–Trinajstić information content (AvgIpc) is 3.29. The van der Waals surface area contributed by atoms with Gasteiger partial charge in [-0.05, 0) is 49.0 Å². The fraction of sp³-hybridized carbons (Fsp3) is 0.455. The summed E-state index contributed by atoms with van der Waals surface area (Å²) in [7, 11) is 0. The Bertz CT molecular complexity index is 1020. The molecule has 29 heavy (non-hydrogen) atoms. The van der Waals surface area contributed by atoms with E-state index < -0.39 is 0 Å². The second-order valence-corrected chi connectivity index (χ2v) is 9.52. The predicted octanol–water partition coefficient (Wildman–Crippen LogP) is 4.56. The molecular formula is C22H27N5S2. The van der Waals surface area contributed by atoms with Crippen LogP contribution in [-0.4, -0.2) is 50.3 Å². The summed E-state index contributed by atoms with van der Waals surface area (Å²) in [5.41, 5.74) is 2.74. The van der Waals surface area contributed by atoms with Crippen LogP contribution in [0, 0.1) is 11.7 Å². The minimum Gasteiger partial charge on any atom is -0.297 e. The summed E-state index contributed by atoms with van der Waals surface area (Å²) in [5, 5.41) is 7.05. The van der Waals surface area contributed by atoms with Crippen LogP contribution in [0.15, 0.2) is 41.8 Å². The molecule has 1 aliphatic carbocycles. The number of aromatic nitrogens is 3. The van der Waals surface area contributed by atoms with Gasteiger partial charge in [0.25, 0.3) is 0 Å². The van der Waals surface area contributed by atoms with Gasteiger partial charge in [0.2, 0.25) is 0 Å². The van der Waals surface area contributed by atoms with E-state index >= 15 is 0 Å². The summed E-state index contributed by atoms with van der Waals surface area (Å²) in [4.78, 5) is 6.24. The zero-order valence-electron chi connectivity index (χ0n) is 16.8. The van der Waals surface area contributed by atoms with Gasteiger partial charge in [0, 0.05) is 38.8 Å². The third kappa shape index (κ3) is 4.23. The Kier molecular flexibility index (Phi) is 5.39. The number of piperazine rings is 1. The van der Waals surface area contributed by atoms with Crippen LogP contribution in [-0.2, 0) is 13.2 Å². The van der Waals surface area contributed by atoms with Gasteiger partial charge in [-0.3, -0.25) is 14.4 Å². The number of benzene rings is 1. The molecule has 0 amide bonds. The molecule has 2 fully saturated rings. The highest BCUT2D eigenvalue weighted by Crippen LogP contribution is 2.39. The molecule has 0 N–H and O–H groups in total. The molecule has 7 heteroatoms. The molecule has 1 aromatic carbocycles. The molecule has 0 atom stereocenters. The zero-order valence-corrected chi connectivity index (χ0v) is 18.5. The molecule has 5 rings (SSSR count). The van der Waals surface area contributed by atoms with Crippen molar-refractivity contribution in [2.75, 3.05) is 26.2 Å². The van der Waals surface area contributed by atoms with Crippen molar-refractivity contribution in [2.45, 2.75) is 39.0 Å². The summed E-state index contributed by atoms with van der Waals surface area (Å²) in [6.07, 6.45) is 2.44. The summed E-state index contributed by atoms with van der Waals surface area (Å²) >= 11 is 7.57. The van der Waals surface area contributed by atoms with Crippen LogP contribution >= 0.6 is 23.6 Å². The van der Waals surface area contributed by atoms with E-state index in [9.17, 15) is 0 Å². The van der Waals surface area contributed by atoms with Crippen LogP contribution in [0.1, 0.15) is 30.0 Å². The lowest BCUT2D eigenvalue weighted by Crippen LogP contribution is -2.46. The number of rotatable bonds is 6. The molecule has 0 radical (unpaired) electrons. The number of hydrogen-bond donors (Lipinski definition) is 0. The van der Waals surface area contributed by atoms with Gasteiger partial charge in [0.15, 0.2) is 10.6 Å². The third-order valence-electron chi connectivity index (χ3n) is 5.81. The molecule has 152 valence electrons. The maximum absolute atomic E-state index is 5.82. The molecule has 1 aliphatic heterocycles. The second-order valence-electron chi connectivity index (χ2n) is 8.21. The number of aryl methyl sites for hydroxylation is 1. The topological polar surface area (TPSA) is 29.2 Å². The van der Waals surface area contributed by atoms with Gasteiger partial charge in [-0.25, -0.2) is 4.68 Å². The van der Waals surface area contributed by atoms with Crippen LogP contribution in [0.4, 0.5) is 0 Å². The Morgan fingerprint density at radius 2 is 1.86 bits per heavy atom. The Hall–Kier alpha value is -1.80. The van der Waals surface area contributed by atoms with E-state index in [4.69, 9.17) is 17.3 Å². The van der Waals surface area contributed by atoms with E-state index in [-0.39, 0.29) is 0 Å². The summed E-state index contributed by atoms with van der Waals surface area (Å²) in [6, 6.07) is 13.6. The Labute approximate surface area is 181 Å². The fourth-order valence-electron chi connectivity index (χ4n) is 4.09. The maximum atomic E-state index is 5.82. The smallest absolute Gasteiger partial charge is 0.199 e. The minimum absolute atomic E-state index is 0.541. The van der Waals surface area contributed by atoms with Crippen LogP contribution in [0.2, 0.25) is 0 Å². The maximum Gasteiger partial charge on any atom is 0.199 e. The fourth-order valence-corrected chi connectivity index (χ4v) is 5.13. The number of hydrogen-bond acceptors (Lipinski definition) is 5. The van der Waals surface area contributed by atoms with E-state index in [1.165, 1.54) is 28.8 Å². The van der Waals surface area contributed by atoms with E-state index in [1.54, 1.807) is 11.3 Å². The molecule has 1 saturated carbocycles. The molecule has 5 nitrogen and oxygen atoms in total. The quantitative estimate of drug-likeness (QED) is 0.542. The van der Waals surface area contributed by atoms with Crippen LogP contribution in [0.25, 0.3) is 10.7 Å². The normalized spacial score (nSPS) is 18.4. The Morgan fingerprint density at radius 3 is 2.55 bits per heavy atom. The lowest BCUT2D eigenvalue weighted by Gasteiger charge is -2.34. The second kappa shape index (κ2) is 8.14. The largest absolute Gasteiger partial charge is 0.297 e. The SMILES string of the molecule is Cc1cccc(CN2CCN(Cn3nc(-c4cccs4)n(C4CC4)c3=S)CC2)c1. The van der Waals surface area contributed by atoms with Crippen molar-refractivity contribution in [3.8, 4) is 10.7 Å². The van der Waals surface area contributed by atoms with Crippen molar-refractivity contribution in [2.24, 2.45) is 0 Å². The summed E-state index contributed by atoms with van der Waals surface area (Å²) in [6.45, 7) is 8.26. The van der Waals surface area contributed by atoms with E-state index in [0.717, 1.165) is 50.0 Å². The molecule has 3 heterocycles. The lowest BCUT2D eigenvalue weighted by molar-refractivity contribution is 0.0980. The third-order valence-corrected chi connectivity index (χ3v) is 7.08. The molecule has 0 spiro atoms. The van der Waals surface area contributed by atoms with Crippen LogP contribution < -0.4 is 0 Å². The molecule has 2 aromatic heterocycles. The first kappa shape index (κ1) is 19.2. The molecule has 2 aliphatic rings. The highest BCUT2D eigenvalue weighted by molar-refractivity contribution is 7.71. The van der Waals surface area contributed by atoms with Gasteiger partial charge in [-0.15, -0.1) is 16.4 Å². The first-order valence-corrected chi connectivity index (χ1v) is 11.7. The zero-order chi connectivity index (χ0) is 19.8. The van der Waals surface area contributed by atoms with Crippen molar-refractivity contribution in [3.63, 3.8) is 0 Å². The minimum atomic E-state index is 0.541. The van der Waals surface area contributed by atoms with Gasteiger partial charge in [0.05, 0.1) is 11.5 Å². The number of thiophene rings is 1. The Balaban J connectivity index is 1.25. The molecule has 0 unspecified atom stereocenters. The summed E-state index contributed by atoms with van der Waals surface area (Å²) in [5.74, 6) is 1.05. The first-order chi connectivity index (χ1) is 14.2. The van der Waals surface area contributed by atoms with Crippen molar-refractivity contribution in [1.29, 1.82) is 0 Å². The van der Waals surface area contributed by atoms with Crippen molar-refractivity contribution >= 4 is 23.6 Å². The van der Waals surface area contributed by atoms with Gasteiger partial charge in [-0.1, -0.05) is 35.9 Å². The van der Waals surface area contributed by atoms with Crippen LogP contribution in [0.5, 0.6) is 0 Å². The predicted molar refractivity (Wildman–Crippen MR) is 121 cm³/mol. The average molecular weight is 426 g/mol. The standard InChI is InChI=1S/C22H27N5S2/c1-17-4-2-5-18(14-17)15-24-9-11-25(12-10-24)16-26-22(28)27(19-7-8-19)21(23-26)20-6-3-13-29-20/h2-6,13-14,19H,7-12,15-16H2,1H3. The van der Waals surface area contributed by atoms with E-state index in [2.05, 4.69) is 63.1 Å². The summed E-state index contributed by atoms with van der Waals surface area (Å²) < 4.78 is 5.20. The van der Waals surface area contributed by atoms with E-state index in [1.807, 2.05) is 4.68 Å². The van der Waals surface area contributed by atoms with Gasteiger partial charge < -0.3 is 0 Å². The van der Waals surface area contributed by atoms with E-state index in [0.29, 0.717) is 6.04 Å². The molecule has 3 aromatic rings. The van der Waals surface area contributed by atoms with Crippen molar-refractivity contribution < 1.29 is 0 Å². The van der Waals surface area contributed by atoms with Crippen molar-refractivity contribution in [1.82, 2.24) is 24.1 Å².